The van der Waals surface area contributed by atoms with Gasteiger partial charge in [0.25, 0.3) is 0 Å². The van der Waals surface area contributed by atoms with Crippen LogP contribution in [0.2, 0.25) is 0 Å². The lowest BCUT2D eigenvalue weighted by atomic mass is 10.0. The molecule has 0 amide bonds. The normalized spacial score (nSPS) is 9.78. The van der Waals surface area contributed by atoms with Gasteiger partial charge >= 0.3 is 0 Å². The van der Waals surface area contributed by atoms with E-state index in [1.54, 1.807) is 19.2 Å². The van der Waals surface area contributed by atoms with E-state index in [2.05, 4.69) is 11.1 Å². The quantitative estimate of drug-likeness (QED) is 0.823. The minimum atomic E-state index is 0.149. The van der Waals surface area contributed by atoms with E-state index in [1.165, 1.54) is 6.20 Å². The lowest BCUT2D eigenvalue weighted by molar-refractivity contribution is -0.116. The van der Waals surface area contributed by atoms with Crippen molar-refractivity contribution in [1.82, 2.24) is 4.98 Å². The first-order valence-electron chi connectivity index (χ1n) is 5.63. The molecule has 0 radical (unpaired) electrons. The molecule has 0 fully saturated rings. The molecule has 3 heteroatoms. The van der Waals surface area contributed by atoms with Gasteiger partial charge in [-0.25, -0.2) is 0 Å². The molecule has 0 saturated carbocycles. The van der Waals surface area contributed by atoms with E-state index in [4.69, 9.17) is 5.26 Å². The maximum atomic E-state index is 11.0. The highest BCUT2D eigenvalue weighted by Crippen LogP contribution is 2.20. The maximum absolute atomic E-state index is 11.0. The fourth-order valence-electron chi connectivity index (χ4n) is 1.76. The van der Waals surface area contributed by atoms with Crippen molar-refractivity contribution < 1.29 is 4.79 Å². The Hall–Kier alpha value is -2.47. The Kier molecular flexibility index (Phi) is 3.49. The molecule has 1 aromatic heterocycles. The number of pyridine rings is 1. The van der Waals surface area contributed by atoms with Gasteiger partial charge in [0.1, 0.15) is 11.9 Å². The summed E-state index contributed by atoms with van der Waals surface area (Å²) in [5.74, 6) is 0.149. The van der Waals surface area contributed by atoms with Gasteiger partial charge in [0.2, 0.25) is 0 Å². The SMILES string of the molecule is CC(=O)Cc1ccc(-c2cncc(C#N)c2)cc1. The number of aromatic nitrogens is 1. The molecule has 0 spiro atoms. The number of nitrogens with zero attached hydrogens (tertiary/aromatic N) is 2. The van der Waals surface area contributed by atoms with Crippen molar-refractivity contribution in [3.8, 4) is 17.2 Å². The number of Topliss-reactive ketones (excluding diaryl/α,β-unsaturated/α-hetero) is 1. The number of benzene rings is 1. The Morgan fingerprint density at radius 1 is 1.22 bits per heavy atom. The predicted octanol–water partition coefficient (Wildman–Crippen LogP) is 2.75. The maximum Gasteiger partial charge on any atom is 0.134 e. The Balaban J connectivity index is 2.29. The lowest BCUT2D eigenvalue weighted by Gasteiger charge is -2.03. The fraction of sp³-hybridized carbons (Fsp3) is 0.133. The van der Waals surface area contributed by atoms with Crippen LogP contribution in [0.15, 0.2) is 42.7 Å². The van der Waals surface area contributed by atoms with Gasteiger partial charge in [-0.05, 0) is 24.1 Å². The van der Waals surface area contributed by atoms with Crippen LogP contribution in [-0.2, 0) is 11.2 Å². The Labute approximate surface area is 106 Å². The van der Waals surface area contributed by atoms with Crippen molar-refractivity contribution in [2.24, 2.45) is 0 Å². The third-order valence-electron chi connectivity index (χ3n) is 2.61. The standard InChI is InChI=1S/C15H12N2O/c1-11(18)6-12-2-4-14(5-3-12)15-7-13(8-16)9-17-10-15/h2-5,7,9-10H,6H2,1H3. The number of hydrogen-bond donors (Lipinski definition) is 0. The molecule has 18 heavy (non-hydrogen) atoms. The van der Waals surface area contributed by atoms with Crippen LogP contribution in [0.4, 0.5) is 0 Å². The fourth-order valence-corrected chi connectivity index (χ4v) is 1.76. The van der Waals surface area contributed by atoms with Crippen molar-refractivity contribution in [3.05, 3.63) is 53.9 Å². The molecule has 0 atom stereocenters. The van der Waals surface area contributed by atoms with Crippen molar-refractivity contribution in [3.63, 3.8) is 0 Å². The third-order valence-corrected chi connectivity index (χ3v) is 2.61. The number of ketones is 1. The molecule has 1 aromatic carbocycles. The van der Waals surface area contributed by atoms with Crippen LogP contribution in [0.3, 0.4) is 0 Å². The van der Waals surface area contributed by atoms with Crippen LogP contribution in [0.5, 0.6) is 0 Å². The second-order valence-electron chi connectivity index (χ2n) is 4.15. The predicted molar refractivity (Wildman–Crippen MR) is 68.8 cm³/mol. The van der Waals surface area contributed by atoms with Crippen molar-refractivity contribution >= 4 is 5.78 Å². The number of nitriles is 1. The van der Waals surface area contributed by atoms with E-state index in [9.17, 15) is 4.79 Å². The topological polar surface area (TPSA) is 53.8 Å². The number of hydrogen-bond acceptors (Lipinski definition) is 3. The molecule has 0 saturated heterocycles. The van der Waals surface area contributed by atoms with Gasteiger partial charge in [-0.3, -0.25) is 9.78 Å². The molecule has 0 unspecified atom stereocenters. The van der Waals surface area contributed by atoms with Crippen molar-refractivity contribution in [1.29, 1.82) is 5.26 Å². The van der Waals surface area contributed by atoms with Crippen molar-refractivity contribution in [2.45, 2.75) is 13.3 Å². The first-order chi connectivity index (χ1) is 8.69. The highest BCUT2D eigenvalue weighted by molar-refractivity contribution is 5.78. The van der Waals surface area contributed by atoms with Crippen LogP contribution >= 0.6 is 0 Å². The van der Waals surface area contributed by atoms with Gasteiger partial charge in [-0.2, -0.15) is 5.26 Å². The minimum absolute atomic E-state index is 0.149. The van der Waals surface area contributed by atoms with Crippen molar-refractivity contribution in [2.75, 3.05) is 0 Å². The zero-order valence-electron chi connectivity index (χ0n) is 10.1. The minimum Gasteiger partial charge on any atom is -0.300 e. The number of carbonyl (C=O) groups excluding carboxylic acids is 1. The smallest absolute Gasteiger partial charge is 0.134 e. The summed E-state index contributed by atoms with van der Waals surface area (Å²) in [6.07, 6.45) is 3.71. The van der Waals surface area contributed by atoms with Gasteiger partial charge in [0.05, 0.1) is 5.56 Å². The molecule has 1 heterocycles. The summed E-state index contributed by atoms with van der Waals surface area (Å²) in [7, 11) is 0. The van der Waals surface area contributed by atoms with Crippen LogP contribution < -0.4 is 0 Å². The van der Waals surface area contributed by atoms with Gasteiger partial charge < -0.3 is 0 Å². The Morgan fingerprint density at radius 2 is 1.94 bits per heavy atom. The molecular formula is C15H12N2O. The first-order valence-corrected chi connectivity index (χ1v) is 5.63. The zero-order chi connectivity index (χ0) is 13.0. The second-order valence-corrected chi connectivity index (χ2v) is 4.15. The summed E-state index contributed by atoms with van der Waals surface area (Å²) in [5.41, 5.74) is 3.44. The average molecular weight is 236 g/mol. The molecule has 0 aliphatic heterocycles. The highest BCUT2D eigenvalue weighted by Gasteiger charge is 2.01. The van der Waals surface area contributed by atoms with E-state index in [0.717, 1.165) is 16.7 Å². The van der Waals surface area contributed by atoms with Gasteiger partial charge in [0.15, 0.2) is 0 Å². The van der Waals surface area contributed by atoms with Crippen LogP contribution in [0.25, 0.3) is 11.1 Å². The van der Waals surface area contributed by atoms with Gasteiger partial charge in [-0.1, -0.05) is 24.3 Å². The Bertz CT molecular complexity index is 609. The van der Waals surface area contributed by atoms with Crippen LogP contribution in [-0.4, -0.2) is 10.8 Å². The average Bonchev–Trinajstić information content (AvgIpc) is 2.39. The second kappa shape index (κ2) is 5.24. The van der Waals surface area contributed by atoms with Crippen LogP contribution in [0.1, 0.15) is 18.1 Å². The summed E-state index contributed by atoms with van der Waals surface area (Å²) in [6.45, 7) is 1.58. The molecule has 2 aromatic rings. The molecule has 2 rings (SSSR count). The van der Waals surface area contributed by atoms with E-state index in [-0.39, 0.29) is 5.78 Å². The number of rotatable bonds is 3. The lowest BCUT2D eigenvalue weighted by Crippen LogP contribution is -1.95. The molecule has 0 aliphatic rings. The molecule has 0 bridgehead atoms. The van der Waals surface area contributed by atoms with Gasteiger partial charge in [-0.15, -0.1) is 0 Å². The summed E-state index contributed by atoms with van der Waals surface area (Å²) < 4.78 is 0. The first kappa shape index (κ1) is 12.0. The molecule has 0 aliphatic carbocycles. The summed E-state index contributed by atoms with van der Waals surface area (Å²) in [6, 6.07) is 11.6. The molecule has 0 N–H and O–H groups in total. The third kappa shape index (κ3) is 2.80. The van der Waals surface area contributed by atoms with E-state index in [0.29, 0.717) is 12.0 Å². The monoisotopic (exact) mass is 236 g/mol. The number of carbonyl (C=O) groups is 1. The Morgan fingerprint density at radius 3 is 2.56 bits per heavy atom. The van der Waals surface area contributed by atoms with E-state index >= 15 is 0 Å². The largest absolute Gasteiger partial charge is 0.300 e. The van der Waals surface area contributed by atoms with Crippen LogP contribution in [0, 0.1) is 11.3 Å². The van der Waals surface area contributed by atoms with E-state index in [1.807, 2.05) is 24.3 Å². The van der Waals surface area contributed by atoms with E-state index < -0.39 is 0 Å². The summed E-state index contributed by atoms with van der Waals surface area (Å²) >= 11 is 0. The summed E-state index contributed by atoms with van der Waals surface area (Å²) in [4.78, 5) is 15.0. The van der Waals surface area contributed by atoms with Gasteiger partial charge in [0, 0.05) is 24.4 Å². The highest BCUT2D eigenvalue weighted by atomic mass is 16.1. The molecule has 88 valence electrons. The molecular weight excluding hydrogens is 224 g/mol. The zero-order valence-corrected chi connectivity index (χ0v) is 10.1. The summed E-state index contributed by atoms with van der Waals surface area (Å²) in [5, 5.41) is 8.82. The molecule has 3 nitrogen and oxygen atoms in total.